The average Bonchev–Trinajstić information content (AvgIpc) is 3.38. The minimum atomic E-state index is -0.294. The highest BCUT2D eigenvalue weighted by Gasteiger charge is 2.17. The molecular weight excluding hydrogens is 430 g/mol. The number of nitrogens with one attached hydrogen (secondary N) is 1. The van der Waals surface area contributed by atoms with Gasteiger partial charge in [-0.05, 0) is 74.7 Å². The van der Waals surface area contributed by atoms with Gasteiger partial charge >= 0.3 is 0 Å². The van der Waals surface area contributed by atoms with Crippen molar-refractivity contribution < 1.29 is 14.3 Å². The maximum absolute atomic E-state index is 12.9. The largest absolute Gasteiger partial charge is 0.497 e. The van der Waals surface area contributed by atoms with Crippen LogP contribution in [0.25, 0.3) is 0 Å². The minimum Gasteiger partial charge on any atom is -0.497 e. The molecule has 2 heterocycles. The highest BCUT2D eigenvalue weighted by Crippen LogP contribution is 2.22. The average molecular weight is 460 g/mol. The number of nitrogens with zero attached hydrogens (tertiary/aromatic N) is 4. The zero-order chi connectivity index (χ0) is 24.2. The highest BCUT2D eigenvalue weighted by molar-refractivity contribution is 6.03. The molecule has 4 rings (SSSR count). The van der Waals surface area contributed by atoms with Crippen molar-refractivity contribution in [1.29, 1.82) is 0 Å². The Morgan fingerprint density at radius 3 is 2.47 bits per heavy atom. The van der Waals surface area contributed by atoms with Crippen molar-refractivity contribution in [3.63, 3.8) is 0 Å². The summed E-state index contributed by atoms with van der Waals surface area (Å²) in [5.41, 5.74) is 5.93. The van der Waals surface area contributed by atoms with E-state index in [4.69, 9.17) is 9.47 Å². The summed E-state index contributed by atoms with van der Waals surface area (Å²) in [6, 6.07) is 15.5. The summed E-state index contributed by atoms with van der Waals surface area (Å²) in [5.74, 6) is 1.27. The van der Waals surface area contributed by atoms with Gasteiger partial charge in [-0.1, -0.05) is 18.2 Å². The molecule has 176 valence electrons. The number of carbonyl (C=O) groups is 1. The first-order valence-corrected chi connectivity index (χ1v) is 11.0. The molecule has 0 atom stereocenters. The fourth-order valence-electron chi connectivity index (χ4n) is 3.86. The van der Waals surface area contributed by atoms with Crippen LogP contribution in [0.1, 0.15) is 38.6 Å². The minimum absolute atomic E-state index is 0.215. The number of methoxy groups -OCH3 is 1. The van der Waals surface area contributed by atoms with Crippen molar-refractivity contribution >= 4 is 11.6 Å². The number of benzene rings is 2. The third kappa shape index (κ3) is 5.28. The van der Waals surface area contributed by atoms with E-state index in [9.17, 15) is 4.79 Å². The lowest BCUT2D eigenvalue weighted by atomic mass is 10.1. The second kappa shape index (κ2) is 9.82. The van der Waals surface area contributed by atoms with Gasteiger partial charge in [-0.15, -0.1) is 0 Å². The quantitative estimate of drug-likeness (QED) is 0.414. The fourth-order valence-corrected chi connectivity index (χ4v) is 3.86. The van der Waals surface area contributed by atoms with Gasteiger partial charge in [-0.25, -0.2) is 4.68 Å². The zero-order valence-electron chi connectivity index (χ0n) is 20.1. The lowest BCUT2D eigenvalue weighted by molar-refractivity contribution is 0.102. The van der Waals surface area contributed by atoms with Crippen LogP contribution in [0.3, 0.4) is 0 Å². The van der Waals surface area contributed by atoms with Gasteiger partial charge in [0.05, 0.1) is 30.7 Å². The van der Waals surface area contributed by atoms with Gasteiger partial charge < -0.3 is 14.8 Å². The Balaban J connectivity index is 1.42. The van der Waals surface area contributed by atoms with Crippen LogP contribution in [0.4, 0.5) is 5.69 Å². The summed E-state index contributed by atoms with van der Waals surface area (Å²) < 4.78 is 14.6. The number of ether oxygens (including phenoxy) is 2. The van der Waals surface area contributed by atoms with Crippen molar-refractivity contribution in [3.05, 3.63) is 88.5 Å². The van der Waals surface area contributed by atoms with E-state index in [-0.39, 0.29) is 12.6 Å². The second-order valence-electron chi connectivity index (χ2n) is 8.35. The third-order valence-corrected chi connectivity index (χ3v) is 5.52. The molecule has 0 fully saturated rings. The Hall–Kier alpha value is -4.07. The Morgan fingerprint density at radius 2 is 1.74 bits per heavy atom. The molecule has 34 heavy (non-hydrogen) atoms. The molecule has 0 aliphatic rings. The van der Waals surface area contributed by atoms with Crippen LogP contribution < -0.4 is 14.8 Å². The van der Waals surface area contributed by atoms with Gasteiger partial charge in [-0.2, -0.15) is 10.2 Å². The molecule has 0 spiro atoms. The smallest absolute Gasteiger partial charge is 0.276 e. The molecule has 0 radical (unpaired) electrons. The monoisotopic (exact) mass is 459 g/mol. The van der Waals surface area contributed by atoms with Gasteiger partial charge in [0.1, 0.15) is 11.5 Å². The van der Waals surface area contributed by atoms with Crippen molar-refractivity contribution in [1.82, 2.24) is 19.6 Å². The summed E-state index contributed by atoms with van der Waals surface area (Å²) in [6.07, 6.45) is 1.73. The Morgan fingerprint density at radius 1 is 0.971 bits per heavy atom. The number of anilines is 1. The number of hydrogen-bond acceptors (Lipinski definition) is 5. The summed E-state index contributed by atoms with van der Waals surface area (Å²) in [6.45, 7) is 8.65. The van der Waals surface area contributed by atoms with E-state index in [1.54, 1.807) is 24.1 Å². The molecule has 4 aromatic rings. The standard InChI is InChI=1S/C26H29N5O3/c1-17-11-18(2)13-23(12-17)34-16-30-10-9-24(29-30)26(32)27-25-19(3)28-31(20(25)4)15-21-7-6-8-22(14-21)33-5/h6-14H,15-16H2,1-5H3,(H,27,32). The Bertz CT molecular complexity index is 1300. The SMILES string of the molecule is COc1cccc(Cn2nc(C)c(NC(=O)c3ccn(COc4cc(C)cc(C)c4)n3)c2C)c1. The summed E-state index contributed by atoms with van der Waals surface area (Å²) in [5, 5.41) is 11.9. The molecule has 1 N–H and O–H groups in total. The molecule has 2 aromatic heterocycles. The number of hydrogen-bond donors (Lipinski definition) is 1. The molecule has 0 bridgehead atoms. The van der Waals surface area contributed by atoms with Crippen molar-refractivity contribution in [2.24, 2.45) is 0 Å². The number of amides is 1. The predicted octanol–water partition coefficient (Wildman–Crippen LogP) is 4.66. The van der Waals surface area contributed by atoms with Crippen molar-refractivity contribution in [2.45, 2.75) is 41.0 Å². The van der Waals surface area contributed by atoms with Crippen LogP contribution in [0.15, 0.2) is 54.7 Å². The lowest BCUT2D eigenvalue weighted by Crippen LogP contribution is -2.15. The Labute approximate surface area is 199 Å². The van der Waals surface area contributed by atoms with E-state index >= 15 is 0 Å². The van der Waals surface area contributed by atoms with E-state index in [2.05, 4.69) is 21.6 Å². The van der Waals surface area contributed by atoms with Crippen molar-refractivity contribution in [3.8, 4) is 11.5 Å². The van der Waals surface area contributed by atoms with Crippen LogP contribution >= 0.6 is 0 Å². The van der Waals surface area contributed by atoms with E-state index < -0.39 is 0 Å². The van der Waals surface area contributed by atoms with Gasteiger partial charge in [0.25, 0.3) is 5.91 Å². The maximum atomic E-state index is 12.9. The first-order chi connectivity index (χ1) is 16.3. The fraction of sp³-hybridized carbons (Fsp3) is 0.269. The molecule has 0 aliphatic carbocycles. The normalized spacial score (nSPS) is 10.9. The number of carbonyl (C=O) groups excluding carboxylic acids is 1. The van der Waals surface area contributed by atoms with Crippen LogP contribution in [0.5, 0.6) is 11.5 Å². The van der Waals surface area contributed by atoms with Crippen LogP contribution in [-0.2, 0) is 13.3 Å². The van der Waals surface area contributed by atoms with Crippen LogP contribution in [-0.4, -0.2) is 32.6 Å². The molecule has 0 unspecified atom stereocenters. The van der Waals surface area contributed by atoms with Crippen LogP contribution in [0, 0.1) is 27.7 Å². The first kappa shape index (κ1) is 23.1. The van der Waals surface area contributed by atoms with Crippen molar-refractivity contribution in [2.75, 3.05) is 12.4 Å². The number of rotatable bonds is 8. The summed E-state index contributed by atoms with van der Waals surface area (Å²) >= 11 is 0. The molecule has 0 saturated carbocycles. The molecule has 0 saturated heterocycles. The van der Waals surface area contributed by atoms with E-state index in [1.807, 2.05) is 68.8 Å². The third-order valence-electron chi connectivity index (χ3n) is 5.52. The summed E-state index contributed by atoms with van der Waals surface area (Å²) in [7, 11) is 1.65. The lowest BCUT2D eigenvalue weighted by Gasteiger charge is -2.08. The first-order valence-electron chi connectivity index (χ1n) is 11.0. The predicted molar refractivity (Wildman–Crippen MR) is 131 cm³/mol. The summed E-state index contributed by atoms with van der Waals surface area (Å²) in [4.78, 5) is 12.9. The maximum Gasteiger partial charge on any atom is 0.276 e. The zero-order valence-corrected chi connectivity index (χ0v) is 20.1. The van der Waals surface area contributed by atoms with Gasteiger partial charge in [0, 0.05) is 6.20 Å². The topological polar surface area (TPSA) is 83.2 Å². The second-order valence-corrected chi connectivity index (χ2v) is 8.35. The van der Waals surface area contributed by atoms with Gasteiger partial charge in [0.2, 0.25) is 0 Å². The van der Waals surface area contributed by atoms with Gasteiger partial charge in [0.15, 0.2) is 12.4 Å². The van der Waals surface area contributed by atoms with E-state index in [0.717, 1.165) is 39.6 Å². The molecule has 8 heteroatoms. The number of aryl methyl sites for hydroxylation is 3. The molecular formula is C26H29N5O3. The molecule has 0 aliphatic heterocycles. The Kier molecular flexibility index (Phi) is 6.67. The molecule has 2 aromatic carbocycles. The van der Waals surface area contributed by atoms with E-state index in [1.165, 1.54) is 0 Å². The van der Waals surface area contributed by atoms with Gasteiger partial charge in [-0.3, -0.25) is 9.48 Å². The highest BCUT2D eigenvalue weighted by atomic mass is 16.5. The molecule has 8 nitrogen and oxygen atoms in total. The number of aromatic nitrogens is 4. The molecule has 1 amide bonds. The van der Waals surface area contributed by atoms with Crippen LogP contribution in [0.2, 0.25) is 0 Å². The van der Waals surface area contributed by atoms with E-state index in [0.29, 0.717) is 17.9 Å².